The molecule has 0 aromatic rings. The third-order valence-corrected chi connectivity index (χ3v) is 6.20. The number of alkyl halides is 1. The molecule has 2 nitrogen and oxygen atoms in total. The molecular weight excluding hydrogens is 288 g/mol. The fraction of sp³-hybridized carbons (Fsp3) is 1.00. The van der Waals surface area contributed by atoms with Gasteiger partial charge in [0.2, 0.25) is 0 Å². The second-order valence-electron chi connectivity index (χ2n) is 6.41. The zero-order valence-corrected chi connectivity index (χ0v) is 13.7. The van der Waals surface area contributed by atoms with Crippen LogP contribution in [0.2, 0.25) is 0 Å². The third kappa shape index (κ3) is 3.49. The molecule has 0 amide bonds. The minimum Gasteiger partial charge on any atom is -0.300 e. The highest BCUT2D eigenvalue weighted by atomic mass is 79.9. The first-order valence-corrected chi connectivity index (χ1v) is 8.83. The van der Waals surface area contributed by atoms with E-state index in [1.54, 1.807) is 0 Å². The molecule has 2 fully saturated rings. The Morgan fingerprint density at radius 3 is 2.44 bits per heavy atom. The van der Waals surface area contributed by atoms with Gasteiger partial charge in [-0.15, -0.1) is 0 Å². The topological polar surface area (TPSA) is 6.48 Å². The van der Waals surface area contributed by atoms with Gasteiger partial charge in [0.1, 0.15) is 0 Å². The molecule has 2 rings (SSSR count). The Bertz CT molecular complexity index is 251. The van der Waals surface area contributed by atoms with Gasteiger partial charge >= 0.3 is 0 Å². The molecule has 1 saturated carbocycles. The summed E-state index contributed by atoms with van der Waals surface area (Å²) in [6, 6.07) is 0.736. The Balaban J connectivity index is 1.88. The quantitative estimate of drug-likeness (QED) is 0.734. The summed E-state index contributed by atoms with van der Waals surface area (Å²) < 4.78 is 0. The SMILES string of the molecule is CCN1CCN(CC2(CBr)CCCCC2)CC1C. The summed E-state index contributed by atoms with van der Waals surface area (Å²) in [5.74, 6) is 0. The van der Waals surface area contributed by atoms with Crippen molar-refractivity contribution >= 4 is 15.9 Å². The number of hydrogen-bond donors (Lipinski definition) is 0. The number of hydrogen-bond acceptors (Lipinski definition) is 2. The minimum atomic E-state index is 0.576. The van der Waals surface area contributed by atoms with E-state index in [0.717, 1.165) is 6.04 Å². The van der Waals surface area contributed by atoms with Crippen LogP contribution in [-0.2, 0) is 0 Å². The zero-order chi connectivity index (χ0) is 13.0. The average molecular weight is 317 g/mol. The van der Waals surface area contributed by atoms with Crippen molar-refractivity contribution in [2.24, 2.45) is 5.41 Å². The third-order valence-electron chi connectivity index (χ3n) is 5.01. The zero-order valence-electron chi connectivity index (χ0n) is 12.1. The average Bonchev–Trinajstić information content (AvgIpc) is 2.40. The van der Waals surface area contributed by atoms with E-state index in [2.05, 4.69) is 39.6 Å². The van der Waals surface area contributed by atoms with Crippen molar-refractivity contribution in [3.63, 3.8) is 0 Å². The van der Waals surface area contributed by atoms with Crippen LogP contribution in [0.4, 0.5) is 0 Å². The summed E-state index contributed by atoms with van der Waals surface area (Å²) in [7, 11) is 0. The highest BCUT2D eigenvalue weighted by Gasteiger charge is 2.34. The van der Waals surface area contributed by atoms with Crippen LogP contribution in [-0.4, -0.2) is 53.9 Å². The molecule has 0 spiro atoms. The Labute approximate surface area is 121 Å². The Kier molecular flexibility index (Phi) is 5.52. The van der Waals surface area contributed by atoms with Gasteiger partial charge in [-0.05, 0) is 31.7 Å². The summed E-state index contributed by atoms with van der Waals surface area (Å²) in [6.07, 6.45) is 7.20. The molecule has 106 valence electrons. The molecule has 18 heavy (non-hydrogen) atoms. The van der Waals surface area contributed by atoms with Gasteiger partial charge in [-0.3, -0.25) is 9.80 Å². The van der Waals surface area contributed by atoms with Gasteiger partial charge < -0.3 is 0 Å². The van der Waals surface area contributed by atoms with E-state index in [0.29, 0.717) is 5.41 Å². The molecule has 1 unspecified atom stereocenters. The van der Waals surface area contributed by atoms with Crippen LogP contribution in [0, 0.1) is 5.41 Å². The first kappa shape index (κ1) is 14.8. The fourth-order valence-electron chi connectivity index (χ4n) is 3.79. The summed E-state index contributed by atoms with van der Waals surface area (Å²) >= 11 is 3.80. The van der Waals surface area contributed by atoms with Crippen molar-refractivity contribution < 1.29 is 0 Å². The van der Waals surface area contributed by atoms with Gasteiger partial charge in [0.25, 0.3) is 0 Å². The Morgan fingerprint density at radius 2 is 1.89 bits per heavy atom. The van der Waals surface area contributed by atoms with Crippen molar-refractivity contribution in [2.75, 3.05) is 38.1 Å². The molecule has 0 aromatic carbocycles. The Hall–Kier alpha value is 0.400. The van der Waals surface area contributed by atoms with Crippen molar-refractivity contribution in [1.82, 2.24) is 9.80 Å². The second kappa shape index (κ2) is 6.71. The van der Waals surface area contributed by atoms with Gasteiger partial charge in [0, 0.05) is 37.6 Å². The number of likely N-dealkylation sites (N-methyl/N-ethyl adjacent to an activating group) is 1. The normalized spacial score (nSPS) is 30.5. The second-order valence-corrected chi connectivity index (χ2v) is 6.97. The van der Waals surface area contributed by atoms with Gasteiger partial charge in [0.15, 0.2) is 0 Å². The molecular formula is C15H29BrN2. The summed E-state index contributed by atoms with van der Waals surface area (Å²) in [4.78, 5) is 5.33. The van der Waals surface area contributed by atoms with Crippen LogP contribution in [0.1, 0.15) is 46.0 Å². The molecule has 1 saturated heterocycles. The van der Waals surface area contributed by atoms with Crippen molar-refractivity contribution in [3.8, 4) is 0 Å². The van der Waals surface area contributed by atoms with Crippen LogP contribution in [0.3, 0.4) is 0 Å². The molecule has 0 radical (unpaired) electrons. The van der Waals surface area contributed by atoms with E-state index < -0.39 is 0 Å². The van der Waals surface area contributed by atoms with Crippen LogP contribution in [0.15, 0.2) is 0 Å². The number of rotatable bonds is 4. The monoisotopic (exact) mass is 316 g/mol. The summed E-state index contributed by atoms with van der Waals surface area (Å²) in [5.41, 5.74) is 0.576. The maximum absolute atomic E-state index is 3.80. The molecule has 0 aromatic heterocycles. The number of halogens is 1. The molecule has 1 aliphatic carbocycles. The van der Waals surface area contributed by atoms with Gasteiger partial charge in [0.05, 0.1) is 0 Å². The van der Waals surface area contributed by atoms with E-state index in [1.807, 2.05) is 0 Å². The predicted molar refractivity (Wildman–Crippen MR) is 82.5 cm³/mol. The standard InChI is InChI=1S/C15H29BrN2/c1-3-18-10-9-17(11-14(18)2)13-15(12-16)7-5-4-6-8-15/h14H,3-13H2,1-2H3. The highest BCUT2D eigenvalue weighted by molar-refractivity contribution is 9.09. The van der Waals surface area contributed by atoms with E-state index >= 15 is 0 Å². The van der Waals surface area contributed by atoms with Crippen molar-refractivity contribution in [2.45, 2.75) is 52.0 Å². The van der Waals surface area contributed by atoms with Gasteiger partial charge in [-0.1, -0.05) is 42.1 Å². The molecule has 1 heterocycles. The van der Waals surface area contributed by atoms with E-state index in [1.165, 1.54) is 70.2 Å². The van der Waals surface area contributed by atoms with Crippen molar-refractivity contribution in [1.29, 1.82) is 0 Å². The summed E-state index contributed by atoms with van der Waals surface area (Å²) in [6.45, 7) is 11.0. The minimum absolute atomic E-state index is 0.576. The maximum Gasteiger partial charge on any atom is 0.0195 e. The lowest BCUT2D eigenvalue weighted by Crippen LogP contribution is -2.54. The van der Waals surface area contributed by atoms with Crippen LogP contribution in [0.25, 0.3) is 0 Å². The molecule has 0 N–H and O–H groups in total. The lowest BCUT2D eigenvalue weighted by molar-refractivity contribution is 0.0479. The molecule has 0 bridgehead atoms. The van der Waals surface area contributed by atoms with Crippen LogP contribution in [0.5, 0.6) is 0 Å². The first-order chi connectivity index (χ1) is 8.69. The smallest absolute Gasteiger partial charge is 0.0195 e. The highest BCUT2D eigenvalue weighted by Crippen LogP contribution is 2.38. The van der Waals surface area contributed by atoms with Gasteiger partial charge in [-0.25, -0.2) is 0 Å². The van der Waals surface area contributed by atoms with Crippen LogP contribution < -0.4 is 0 Å². The van der Waals surface area contributed by atoms with Gasteiger partial charge in [-0.2, -0.15) is 0 Å². The number of nitrogens with zero attached hydrogens (tertiary/aromatic N) is 2. The molecule has 2 aliphatic rings. The molecule has 1 aliphatic heterocycles. The number of piperazine rings is 1. The van der Waals surface area contributed by atoms with E-state index in [9.17, 15) is 0 Å². The maximum atomic E-state index is 3.80. The van der Waals surface area contributed by atoms with E-state index in [-0.39, 0.29) is 0 Å². The lowest BCUT2D eigenvalue weighted by Gasteiger charge is -2.45. The molecule has 1 atom stereocenters. The predicted octanol–water partition coefficient (Wildman–Crippen LogP) is 3.36. The van der Waals surface area contributed by atoms with E-state index in [4.69, 9.17) is 0 Å². The largest absolute Gasteiger partial charge is 0.300 e. The lowest BCUT2D eigenvalue weighted by atomic mass is 9.75. The fourth-order valence-corrected chi connectivity index (χ4v) is 4.53. The molecule has 3 heteroatoms. The summed E-state index contributed by atoms with van der Waals surface area (Å²) in [5, 5.41) is 1.20. The van der Waals surface area contributed by atoms with Crippen LogP contribution >= 0.6 is 15.9 Å². The first-order valence-electron chi connectivity index (χ1n) is 7.71. The Morgan fingerprint density at radius 1 is 1.17 bits per heavy atom. The van der Waals surface area contributed by atoms with Crippen molar-refractivity contribution in [3.05, 3.63) is 0 Å².